The normalized spacial score (nSPS) is 17.4. The number of para-hydroxylation sites is 2. The zero-order valence-electron chi connectivity index (χ0n) is 16.7. The highest BCUT2D eigenvalue weighted by atomic mass is 16.7. The molecule has 1 N–H and O–H groups in total. The van der Waals surface area contributed by atoms with Gasteiger partial charge in [0.15, 0.2) is 0 Å². The molecule has 4 rings (SSSR count). The molecule has 152 valence electrons. The molecule has 0 atom stereocenters. The molecule has 29 heavy (non-hydrogen) atoms. The third kappa shape index (κ3) is 3.99. The van der Waals surface area contributed by atoms with Crippen molar-refractivity contribution < 1.29 is 19.1 Å². The number of hydrogen-bond acceptors (Lipinski definition) is 5. The number of oxime groups is 1. The molecule has 7 heteroatoms. The number of carbonyl (C=O) groups is 1. The smallest absolute Gasteiger partial charge is 0.321 e. The number of piperidine rings is 1. The second kappa shape index (κ2) is 8.03. The van der Waals surface area contributed by atoms with E-state index in [4.69, 9.17) is 14.3 Å². The van der Waals surface area contributed by atoms with Gasteiger partial charge in [-0.2, -0.15) is 0 Å². The molecule has 2 amide bonds. The first-order valence-corrected chi connectivity index (χ1v) is 9.71. The zero-order valence-corrected chi connectivity index (χ0v) is 16.7. The summed E-state index contributed by atoms with van der Waals surface area (Å²) in [7, 11) is 3.24. The Morgan fingerprint density at radius 3 is 2.66 bits per heavy atom. The molecule has 1 saturated heterocycles. The summed E-state index contributed by atoms with van der Waals surface area (Å²) >= 11 is 0. The van der Waals surface area contributed by atoms with Crippen LogP contribution in [-0.4, -0.2) is 49.6 Å². The van der Waals surface area contributed by atoms with Crippen LogP contribution in [0.2, 0.25) is 0 Å². The zero-order chi connectivity index (χ0) is 20.3. The maximum Gasteiger partial charge on any atom is 0.321 e. The maximum absolute atomic E-state index is 12.7. The number of urea groups is 1. The predicted octanol–water partition coefficient (Wildman–Crippen LogP) is 3.89. The molecule has 0 saturated carbocycles. The van der Waals surface area contributed by atoms with Crippen LogP contribution < -0.4 is 14.8 Å². The van der Waals surface area contributed by atoms with Crippen LogP contribution in [0.4, 0.5) is 10.5 Å². The Bertz CT molecular complexity index is 920. The Labute approximate surface area is 170 Å². The van der Waals surface area contributed by atoms with Gasteiger partial charge in [-0.25, -0.2) is 4.79 Å². The van der Waals surface area contributed by atoms with Crippen molar-refractivity contribution in [1.82, 2.24) is 4.90 Å². The number of ether oxygens (including phenoxy) is 2. The Balaban J connectivity index is 1.35. The number of amides is 2. The van der Waals surface area contributed by atoms with E-state index in [1.54, 1.807) is 14.2 Å². The Morgan fingerprint density at radius 2 is 1.90 bits per heavy atom. The molecule has 2 aromatic carbocycles. The molecular weight excluding hydrogens is 370 g/mol. The SMILES string of the molecule is COc1cccc(C2=NOC3(CCN(C(=O)Nc4ccccc4OC)CC3)C2)c1. The van der Waals surface area contributed by atoms with Crippen molar-refractivity contribution in [2.24, 2.45) is 5.16 Å². The first-order valence-electron chi connectivity index (χ1n) is 9.71. The topological polar surface area (TPSA) is 72.4 Å². The Kier molecular flexibility index (Phi) is 5.29. The fourth-order valence-corrected chi connectivity index (χ4v) is 3.81. The molecule has 0 aliphatic carbocycles. The van der Waals surface area contributed by atoms with E-state index in [-0.39, 0.29) is 11.6 Å². The van der Waals surface area contributed by atoms with Gasteiger partial charge in [0.1, 0.15) is 17.1 Å². The number of hydrogen-bond donors (Lipinski definition) is 1. The molecule has 2 heterocycles. The maximum atomic E-state index is 12.7. The highest BCUT2D eigenvalue weighted by molar-refractivity contribution is 6.02. The quantitative estimate of drug-likeness (QED) is 0.852. The van der Waals surface area contributed by atoms with Gasteiger partial charge in [0.05, 0.1) is 25.6 Å². The number of anilines is 1. The summed E-state index contributed by atoms with van der Waals surface area (Å²) in [6.07, 6.45) is 2.22. The van der Waals surface area contributed by atoms with Gasteiger partial charge < -0.3 is 24.5 Å². The lowest BCUT2D eigenvalue weighted by Gasteiger charge is -2.37. The predicted molar refractivity (Wildman–Crippen MR) is 111 cm³/mol. The Morgan fingerprint density at radius 1 is 1.10 bits per heavy atom. The van der Waals surface area contributed by atoms with E-state index in [1.807, 2.05) is 53.4 Å². The van der Waals surface area contributed by atoms with Crippen LogP contribution in [0.1, 0.15) is 24.8 Å². The molecule has 2 aliphatic rings. The molecule has 7 nitrogen and oxygen atoms in total. The van der Waals surface area contributed by atoms with Crippen LogP contribution in [0, 0.1) is 0 Å². The third-order valence-electron chi connectivity index (χ3n) is 5.55. The van der Waals surface area contributed by atoms with Crippen LogP contribution in [-0.2, 0) is 4.84 Å². The van der Waals surface area contributed by atoms with Crippen molar-refractivity contribution in [1.29, 1.82) is 0 Å². The van der Waals surface area contributed by atoms with E-state index >= 15 is 0 Å². The van der Waals surface area contributed by atoms with Gasteiger partial charge in [-0.3, -0.25) is 0 Å². The van der Waals surface area contributed by atoms with Gasteiger partial charge in [-0.1, -0.05) is 29.4 Å². The lowest BCUT2D eigenvalue weighted by molar-refractivity contribution is -0.0544. The minimum absolute atomic E-state index is 0.128. The number of likely N-dealkylation sites (tertiary alicyclic amines) is 1. The number of benzene rings is 2. The molecule has 0 radical (unpaired) electrons. The number of nitrogens with one attached hydrogen (secondary N) is 1. The van der Waals surface area contributed by atoms with Gasteiger partial charge in [-0.15, -0.1) is 0 Å². The van der Waals surface area contributed by atoms with E-state index in [9.17, 15) is 4.79 Å². The Hall–Kier alpha value is -3.22. The van der Waals surface area contributed by atoms with Crippen molar-refractivity contribution in [3.63, 3.8) is 0 Å². The van der Waals surface area contributed by atoms with E-state index in [0.717, 1.165) is 36.3 Å². The number of rotatable bonds is 4. The van der Waals surface area contributed by atoms with Crippen LogP contribution in [0.3, 0.4) is 0 Å². The third-order valence-corrected chi connectivity index (χ3v) is 5.55. The summed E-state index contributed by atoms with van der Waals surface area (Å²) in [5.41, 5.74) is 2.27. The summed E-state index contributed by atoms with van der Waals surface area (Å²) < 4.78 is 10.6. The van der Waals surface area contributed by atoms with Gasteiger partial charge in [-0.05, 0) is 24.3 Å². The molecule has 0 bridgehead atoms. The van der Waals surface area contributed by atoms with Crippen LogP contribution in [0.15, 0.2) is 53.7 Å². The number of nitrogens with zero attached hydrogens (tertiary/aromatic N) is 2. The van der Waals surface area contributed by atoms with Crippen molar-refractivity contribution in [3.05, 3.63) is 54.1 Å². The molecule has 1 spiro atoms. The summed E-state index contributed by atoms with van der Waals surface area (Å²) in [6, 6.07) is 15.1. The molecule has 1 fully saturated rings. The van der Waals surface area contributed by atoms with Gasteiger partial charge in [0.25, 0.3) is 0 Å². The van der Waals surface area contributed by atoms with Crippen molar-refractivity contribution in [2.75, 3.05) is 32.6 Å². The highest BCUT2D eigenvalue weighted by Crippen LogP contribution is 2.37. The first-order chi connectivity index (χ1) is 14.1. The minimum atomic E-state index is -0.334. The average molecular weight is 395 g/mol. The molecular formula is C22H25N3O4. The van der Waals surface area contributed by atoms with Gasteiger partial charge >= 0.3 is 6.03 Å². The summed E-state index contributed by atoms with van der Waals surface area (Å²) in [4.78, 5) is 20.4. The number of carbonyl (C=O) groups excluding carboxylic acids is 1. The van der Waals surface area contributed by atoms with Gasteiger partial charge in [0, 0.05) is 37.9 Å². The lowest BCUT2D eigenvalue weighted by Crippen LogP contribution is -2.48. The highest BCUT2D eigenvalue weighted by Gasteiger charge is 2.43. The molecule has 0 aromatic heterocycles. The van der Waals surface area contributed by atoms with Gasteiger partial charge in [0.2, 0.25) is 0 Å². The van der Waals surface area contributed by atoms with Crippen molar-refractivity contribution in [3.8, 4) is 11.5 Å². The van der Waals surface area contributed by atoms with Crippen molar-refractivity contribution >= 4 is 17.4 Å². The molecule has 2 aromatic rings. The second-order valence-electron chi connectivity index (χ2n) is 7.34. The monoisotopic (exact) mass is 395 g/mol. The van der Waals surface area contributed by atoms with Crippen molar-refractivity contribution in [2.45, 2.75) is 24.9 Å². The molecule has 2 aliphatic heterocycles. The van der Waals surface area contributed by atoms with E-state index in [2.05, 4.69) is 10.5 Å². The summed E-state index contributed by atoms with van der Waals surface area (Å²) in [6.45, 7) is 1.23. The van der Waals surface area contributed by atoms with Crippen LogP contribution in [0.5, 0.6) is 11.5 Å². The van der Waals surface area contributed by atoms with Crippen LogP contribution >= 0.6 is 0 Å². The standard InChI is InChI=1S/C22H25N3O4/c1-27-17-7-5-6-16(14-17)19-15-22(29-24-19)10-12-25(13-11-22)21(26)23-18-8-3-4-9-20(18)28-2/h3-9,14H,10-13,15H2,1-2H3,(H,23,26). The minimum Gasteiger partial charge on any atom is -0.497 e. The average Bonchev–Trinajstić information content (AvgIpc) is 3.18. The summed E-state index contributed by atoms with van der Waals surface area (Å²) in [5, 5.41) is 7.28. The largest absolute Gasteiger partial charge is 0.497 e. The fourth-order valence-electron chi connectivity index (χ4n) is 3.81. The second-order valence-corrected chi connectivity index (χ2v) is 7.34. The first kappa shape index (κ1) is 19.1. The van der Waals surface area contributed by atoms with E-state index in [0.29, 0.717) is 24.5 Å². The summed E-state index contributed by atoms with van der Waals surface area (Å²) in [5.74, 6) is 1.44. The fraction of sp³-hybridized carbons (Fsp3) is 0.364. The number of methoxy groups -OCH3 is 2. The van der Waals surface area contributed by atoms with E-state index < -0.39 is 0 Å². The molecule has 0 unspecified atom stereocenters. The lowest BCUT2D eigenvalue weighted by atomic mass is 9.85. The van der Waals surface area contributed by atoms with E-state index in [1.165, 1.54) is 0 Å². The van der Waals surface area contributed by atoms with Crippen LogP contribution in [0.25, 0.3) is 0 Å².